The van der Waals surface area contributed by atoms with Gasteiger partial charge in [-0.25, -0.2) is 0 Å². The molecule has 2 nitrogen and oxygen atoms in total. The van der Waals surface area contributed by atoms with Gasteiger partial charge < -0.3 is 9.47 Å². The summed E-state index contributed by atoms with van der Waals surface area (Å²) >= 11 is 0. The molecule has 10 rings (SSSR count). The molecular weight excluding hydrogens is 665 g/mol. The van der Waals surface area contributed by atoms with Crippen LogP contribution in [0.1, 0.15) is 45.2 Å². The van der Waals surface area contributed by atoms with Crippen LogP contribution < -0.4 is 4.90 Å². The first-order valence-corrected chi connectivity index (χ1v) is 19.6. The fraction of sp³-hybridized carbons (Fsp3) is 0.132. The Morgan fingerprint density at radius 2 is 1.04 bits per heavy atom. The van der Waals surface area contributed by atoms with Crippen LogP contribution in [0, 0.1) is 5.92 Å². The number of aromatic nitrogens is 1. The van der Waals surface area contributed by atoms with Gasteiger partial charge >= 0.3 is 0 Å². The van der Waals surface area contributed by atoms with Gasteiger partial charge in [0.05, 0.1) is 11.0 Å². The lowest BCUT2D eigenvalue weighted by molar-refractivity contribution is 0.590. The highest BCUT2D eigenvalue weighted by atomic mass is 15.1. The number of allylic oxidation sites excluding steroid dienone is 4. The Hall–Kier alpha value is -6.38. The van der Waals surface area contributed by atoms with Crippen LogP contribution in [0.25, 0.3) is 65.4 Å². The lowest BCUT2D eigenvalue weighted by atomic mass is 9.87. The summed E-state index contributed by atoms with van der Waals surface area (Å²) in [5.74, 6) is 0.559. The smallest absolute Gasteiger partial charge is 0.0561 e. The molecule has 0 bridgehead atoms. The molecule has 0 saturated carbocycles. The lowest BCUT2D eigenvalue weighted by Gasteiger charge is -2.28. The summed E-state index contributed by atoms with van der Waals surface area (Å²) in [5.41, 5.74) is 10.9. The minimum Gasteiger partial charge on any atom is -0.310 e. The fourth-order valence-corrected chi connectivity index (χ4v) is 8.80. The molecule has 0 saturated heterocycles. The molecule has 0 fully saturated rings. The maximum absolute atomic E-state index is 2.44. The van der Waals surface area contributed by atoms with Crippen LogP contribution in [-0.2, 0) is 5.41 Å². The monoisotopic (exact) mass is 708 g/mol. The Balaban J connectivity index is 1.19. The molecule has 1 unspecified atom stereocenters. The summed E-state index contributed by atoms with van der Waals surface area (Å²) < 4.78 is 2.44. The summed E-state index contributed by atoms with van der Waals surface area (Å²) in [6.07, 6.45) is 8.06. The largest absolute Gasteiger partial charge is 0.310 e. The molecule has 1 aliphatic rings. The van der Waals surface area contributed by atoms with E-state index in [0.29, 0.717) is 5.92 Å². The topological polar surface area (TPSA) is 8.17 Å². The van der Waals surface area contributed by atoms with Crippen LogP contribution >= 0.6 is 0 Å². The van der Waals surface area contributed by atoms with Crippen LogP contribution in [0.15, 0.2) is 176 Å². The third kappa shape index (κ3) is 5.63. The van der Waals surface area contributed by atoms with Gasteiger partial charge in [-0.3, -0.25) is 0 Å². The minimum atomic E-state index is 0.0593. The standard InChI is InChI=1S/C53H44N2/c1-35-12-11-13-37(32-35)36-20-24-40(25-21-36)55-51-19-10-9-18-48(51)49-31-29-42(34-52(49)55)54(39-26-22-38(23-27-39)53(2,3)4)41-28-30-47-45-16-6-5-14-43(45)44-15-7-8-17-46(44)50(47)33-41/h5-11,13-35H,12H2,1-4H3. The first-order chi connectivity index (χ1) is 26.8. The first-order valence-electron chi connectivity index (χ1n) is 19.6. The van der Waals surface area contributed by atoms with Crippen molar-refractivity contribution in [2.45, 2.75) is 39.5 Å². The molecule has 0 amide bonds. The van der Waals surface area contributed by atoms with Gasteiger partial charge in [0.1, 0.15) is 0 Å². The number of anilines is 3. The zero-order valence-electron chi connectivity index (χ0n) is 31.9. The van der Waals surface area contributed by atoms with Gasteiger partial charge in [0.2, 0.25) is 0 Å². The van der Waals surface area contributed by atoms with Gasteiger partial charge in [0, 0.05) is 33.5 Å². The number of hydrogen-bond acceptors (Lipinski definition) is 1. The van der Waals surface area contributed by atoms with Crippen LogP contribution in [0.4, 0.5) is 17.1 Å². The van der Waals surface area contributed by atoms with E-state index >= 15 is 0 Å². The van der Waals surface area contributed by atoms with Crippen molar-refractivity contribution < 1.29 is 0 Å². The molecule has 9 aromatic rings. The second-order valence-corrected chi connectivity index (χ2v) is 16.3. The predicted octanol–water partition coefficient (Wildman–Crippen LogP) is 15.0. The maximum Gasteiger partial charge on any atom is 0.0561 e. The normalized spacial score (nSPS) is 14.7. The Morgan fingerprint density at radius 3 is 1.67 bits per heavy atom. The van der Waals surface area contributed by atoms with Crippen LogP contribution in [0.2, 0.25) is 0 Å². The molecule has 0 N–H and O–H groups in total. The van der Waals surface area contributed by atoms with Crippen LogP contribution in [-0.4, -0.2) is 4.57 Å². The van der Waals surface area contributed by atoms with E-state index in [0.717, 1.165) is 29.2 Å². The van der Waals surface area contributed by atoms with E-state index in [1.54, 1.807) is 0 Å². The van der Waals surface area contributed by atoms with Crippen molar-refractivity contribution in [3.8, 4) is 5.69 Å². The highest BCUT2D eigenvalue weighted by Gasteiger charge is 2.20. The second kappa shape index (κ2) is 12.9. The van der Waals surface area contributed by atoms with Crippen molar-refractivity contribution in [1.82, 2.24) is 4.57 Å². The molecule has 1 heterocycles. The van der Waals surface area contributed by atoms with Crippen molar-refractivity contribution >= 4 is 76.8 Å². The van der Waals surface area contributed by atoms with Crippen molar-refractivity contribution in [3.63, 3.8) is 0 Å². The van der Waals surface area contributed by atoms with E-state index in [1.165, 1.54) is 70.8 Å². The van der Waals surface area contributed by atoms with Gasteiger partial charge in [-0.15, -0.1) is 0 Å². The summed E-state index contributed by atoms with van der Waals surface area (Å²) in [6, 6.07) is 58.8. The maximum atomic E-state index is 2.44. The first kappa shape index (κ1) is 33.2. The van der Waals surface area contributed by atoms with E-state index in [9.17, 15) is 0 Å². The summed E-state index contributed by atoms with van der Waals surface area (Å²) in [4.78, 5) is 2.43. The molecule has 266 valence electrons. The Morgan fingerprint density at radius 1 is 0.509 bits per heavy atom. The Labute approximate surface area is 323 Å². The van der Waals surface area contributed by atoms with E-state index < -0.39 is 0 Å². The molecule has 2 heteroatoms. The summed E-state index contributed by atoms with van der Waals surface area (Å²) in [5, 5.41) is 10.2. The quantitative estimate of drug-likeness (QED) is 0.162. The van der Waals surface area contributed by atoms with Crippen LogP contribution in [0.3, 0.4) is 0 Å². The predicted molar refractivity (Wildman–Crippen MR) is 238 cm³/mol. The zero-order valence-corrected chi connectivity index (χ0v) is 31.9. The summed E-state index contributed by atoms with van der Waals surface area (Å²) in [7, 11) is 0. The molecule has 1 atom stereocenters. The van der Waals surface area contributed by atoms with Crippen molar-refractivity contribution in [2.24, 2.45) is 5.92 Å². The molecule has 0 radical (unpaired) electrons. The average Bonchev–Trinajstić information content (AvgIpc) is 3.54. The number of nitrogens with zero attached hydrogens (tertiary/aromatic N) is 2. The molecule has 0 aliphatic heterocycles. The van der Waals surface area contributed by atoms with E-state index in [-0.39, 0.29) is 5.41 Å². The number of para-hydroxylation sites is 1. The molecule has 1 aromatic heterocycles. The van der Waals surface area contributed by atoms with Crippen molar-refractivity contribution in [3.05, 3.63) is 187 Å². The van der Waals surface area contributed by atoms with E-state index in [1.807, 2.05) is 0 Å². The summed E-state index contributed by atoms with van der Waals surface area (Å²) in [6.45, 7) is 9.13. The van der Waals surface area contributed by atoms with Gasteiger partial charge in [-0.1, -0.05) is 149 Å². The molecule has 55 heavy (non-hydrogen) atoms. The Bertz CT molecular complexity index is 2950. The number of rotatable bonds is 5. The van der Waals surface area contributed by atoms with Gasteiger partial charge in [-0.05, 0) is 121 Å². The Kier molecular flexibility index (Phi) is 7.78. The third-order valence-corrected chi connectivity index (χ3v) is 11.6. The highest BCUT2D eigenvalue weighted by molar-refractivity contribution is 6.25. The minimum absolute atomic E-state index is 0.0593. The number of fused-ring (bicyclic) bond motifs is 9. The fourth-order valence-electron chi connectivity index (χ4n) is 8.80. The molecular formula is C53H44N2. The van der Waals surface area contributed by atoms with Crippen LogP contribution in [0.5, 0.6) is 0 Å². The average molecular weight is 709 g/mol. The SMILES string of the molecule is CC1C=C(c2ccc(-n3c4ccccc4c4ccc(N(c5ccc(C(C)(C)C)cc5)c5ccc6c7ccccc7c7ccccc7c6c5)cc43)cc2)C=CC1. The lowest BCUT2D eigenvalue weighted by Crippen LogP contribution is -2.13. The third-order valence-electron chi connectivity index (χ3n) is 11.6. The molecule has 0 spiro atoms. The highest BCUT2D eigenvalue weighted by Crippen LogP contribution is 2.43. The second-order valence-electron chi connectivity index (χ2n) is 16.3. The van der Waals surface area contributed by atoms with E-state index in [4.69, 9.17) is 0 Å². The van der Waals surface area contributed by atoms with Crippen molar-refractivity contribution in [2.75, 3.05) is 4.90 Å². The van der Waals surface area contributed by atoms with Gasteiger partial charge in [0.25, 0.3) is 0 Å². The van der Waals surface area contributed by atoms with Gasteiger partial charge in [-0.2, -0.15) is 0 Å². The van der Waals surface area contributed by atoms with Crippen molar-refractivity contribution in [1.29, 1.82) is 0 Å². The number of hydrogen-bond donors (Lipinski definition) is 0. The molecule has 1 aliphatic carbocycles. The zero-order chi connectivity index (χ0) is 37.3. The number of benzene rings is 8. The molecule has 8 aromatic carbocycles. The van der Waals surface area contributed by atoms with E-state index in [2.05, 4.69) is 213 Å². The van der Waals surface area contributed by atoms with Gasteiger partial charge in [0.15, 0.2) is 0 Å².